The van der Waals surface area contributed by atoms with Crippen molar-refractivity contribution in [2.75, 3.05) is 13.7 Å². The van der Waals surface area contributed by atoms with Crippen LogP contribution in [0.5, 0.6) is 5.75 Å². The molecule has 1 N–H and O–H groups in total. The number of aromatic nitrogens is 1. The summed E-state index contributed by atoms with van der Waals surface area (Å²) in [6.07, 6.45) is 3.19. The van der Waals surface area contributed by atoms with Crippen LogP contribution in [-0.2, 0) is 16.4 Å². The molecule has 2 aromatic rings. The van der Waals surface area contributed by atoms with Crippen LogP contribution in [0.1, 0.15) is 5.56 Å². The van der Waals surface area contributed by atoms with E-state index in [1.807, 2.05) is 24.3 Å². The summed E-state index contributed by atoms with van der Waals surface area (Å²) < 4.78 is 32.0. The summed E-state index contributed by atoms with van der Waals surface area (Å²) in [5.41, 5.74) is 0.931. The van der Waals surface area contributed by atoms with Crippen molar-refractivity contribution >= 4 is 21.6 Å². The number of sulfonamides is 1. The number of para-hydroxylation sites is 1. The lowest BCUT2D eigenvalue weighted by Crippen LogP contribution is -2.26. The summed E-state index contributed by atoms with van der Waals surface area (Å²) in [5.74, 6) is 0.733. The lowest BCUT2D eigenvalue weighted by Gasteiger charge is -2.10. The molecule has 0 atom stereocenters. The molecule has 0 radical (unpaired) electrons. The third-order valence-corrected chi connectivity index (χ3v) is 4.83. The number of ether oxygens (including phenoxy) is 1. The number of benzene rings is 1. The van der Waals surface area contributed by atoms with Crippen LogP contribution in [0.25, 0.3) is 0 Å². The molecule has 1 aromatic carbocycles. The minimum Gasteiger partial charge on any atom is -0.496 e. The molecule has 2 rings (SSSR count). The van der Waals surface area contributed by atoms with Gasteiger partial charge in [0.2, 0.25) is 10.0 Å². The first-order valence-corrected chi connectivity index (χ1v) is 8.12. The van der Waals surface area contributed by atoms with E-state index in [4.69, 9.17) is 16.3 Å². The van der Waals surface area contributed by atoms with E-state index in [2.05, 4.69) is 9.71 Å². The maximum atomic E-state index is 12.1. The number of nitrogens with one attached hydrogen (secondary N) is 1. The monoisotopic (exact) mass is 326 g/mol. The number of hydrogen-bond donors (Lipinski definition) is 1. The highest BCUT2D eigenvalue weighted by molar-refractivity contribution is 7.89. The number of hydrogen-bond acceptors (Lipinski definition) is 4. The van der Waals surface area contributed by atoms with Gasteiger partial charge in [0, 0.05) is 18.9 Å². The standard InChI is InChI=1S/C14H15ClN2O3S/c1-20-13-5-3-2-4-11(13)6-9-17-21(18,19)14-10-16-8-7-12(14)15/h2-5,7-8,10,17H,6,9H2,1H3. The third-order valence-electron chi connectivity index (χ3n) is 2.90. The average Bonchev–Trinajstić information content (AvgIpc) is 2.48. The van der Waals surface area contributed by atoms with Gasteiger partial charge in [-0.2, -0.15) is 0 Å². The van der Waals surface area contributed by atoms with Gasteiger partial charge in [-0.25, -0.2) is 13.1 Å². The number of halogens is 1. The second-order valence-corrected chi connectivity index (χ2v) is 6.41. The first-order valence-electron chi connectivity index (χ1n) is 6.25. The molecule has 0 amide bonds. The first kappa shape index (κ1) is 15.8. The summed E-state index contributed by atoms with van der Waals surface area (Å²) in [6, 6.07) is 8.91. The van der Waals surface area contributed by atoms with Crippen molar-refractivity contribution in [1.82, 2.24) is 9.71 Å². The Balaban J connectivity index is 2.05. The Morgan fingerprint density at radius 1 is 1.29 bits per heavy atom. The Kier molecular flexibility index (Phi) is 5.17. The van der Waals surface area contributed by atoms with Crippen molar-refractivity contribution in [3.05, 3.63) is 53.3 Å². The van der Waals surface area contributed by atoms with E-state index in [-0.39, 0.29) is 16.5 Å². The molecule has 0 saturated heterocycles. The van der Waals surface area contributed by atoms with E-state index in [0.717, 1.165) is 11.3 Å². The van der Waals surface area contributed by atoms with Crippen LogP contribution < -0.4 is 9.46 Å². The molecule has 1 heterocycles. The number of rotatable bonds is 6. The maximum absolute atomic E-state index is 12.1. The second-order valence-electron chi connectivity index (χ2n) is 4.27. The maximum Gasteiger partial charge on any atom is 0.243 e. The largest absolute Gasteiger partial charge is 0.496 e. The summed E-state index contributed by atoms with van der Waals surface area (Å²) in [7, 11) is -2.08. The van der Waals surface area contributed by atoms with Gasteiger partial charge in [-0.3, -0.25) is 4.98 Å². The van der Waals surface area contributed by atoms with E-state index in [9.17, 15) is 8.42 Å². The highest BCUT2D eigenvalue weighted by Gasteiger charge is 2.17. The van der Waals surface area contributed by atoms with E-state index in [0.29, 0.717) is 6.42 Å². The van der Waals surface area contributed by atoms with Gasteiger partial charge in [-0.05, 0) is 24.1 Å². The SMILES string of the molecule is COc1ccccc1CCNS(=O)(=O)c1cnccc1Cl. The van der Waals surface area contributed by atoms with Crippen molar-refractivity contribution in [1.29, 1.82) is 0 Å². The van der Waals surface area contributed by atoms with Crippen LogP contribution >= 0.6 is 11.6 Å². The molecule has 0 aliphatic carbocycles. The van der Waals surface area contributed by atoms with Gasteiger partial charge in [0.05, 0.1) is 12.1 Å². The molecule has 0 unspecified atom stereocenters. The molecule has 7 heteroatoms. The van der Waals surface area contributed by atoms with Crippen molar-refractivity contribution in [2.45, 2.75) is 11.3 Å². The smallest absolute Gasteiger partial charge is 0.243 e. The first-order chi connectivity index (χ1) is 10.0. The number of nitrogens with zero attached hydrogens (tertiary/aromatic N) is 1. The van der Waals surface area contributed by atoms with E-state index in [1.165, 1.54) is 18.5 Å². The predicted molar refractivity (Wildman–Crippen MR) is 81.1 cm³/mol. The van der Waals surface area contributed by atoms with Crippen molar-refractivity contribution in [3.63, 3.8) is 0 Å². The van der Waals surface area contributed by atoms with Gasteiger partial charge >= 0.3 is 0 Å². The van der Waals surface area contributed by atoms with Crippen molar-refractivity contribution < 1.29 is 13.2 Å². The van der Waals surface area contributed by atoms with Crippen molar-refractivity contribution in [3.8, 4) is 5.75 Å². The zero-order chi connectivity index (χ0) is 15.3. The van der Waals surface area contributed by atoms with Gasteiger partial charge in [0.15, 0.2) is 0 Å². The van der Waals surface area contributed by atoms with E-state index >= 15 is 0 Å². The van der Waals surface area contributed by atoms with Crippen LogP contribution in [0.3, 0.4) is 0 Å². The summed E-state index contributed by atoms with van der Waals surface area (Å²) in [5, 5.41) is 0.148. The molecule has 21 heavy (non-hydrogen) atoms. The summed E-state index contributed by atoms with van der Waals surface area (Å²) in [4.78, 5) is 3.76. The zero-order valence-electron chi connectivity index (χ0n) is 11.4. The van der Waals surface area contributed by atoms with Gasteiger partial charge < -0.3 is 4.74 Å². The normalized spacial score (nSPS) is 11.3. The molecule has 5 nitrogen and oxygen atoms in total. The summed E-state index contributed by atoms with van der Waals surface area (Å²) >= 11 is 5.87. The Morgan fingerprint density at radius 3 is 2.76 bits per heavy atom. The molecule has 0 fully saturated rings. The molecule has 0 aliphatic heterocycles. The van der Waals surface area contributed by atoms with Crippen LogP contribution in [0.4, 0.5) is 0 Å². The van der Waals surface area contributed by atoms with Gasteiger partial charge in [-0.15, -0.1) is 0 Å². The molecule has 0 spiro atoms. The molecular formula is C14H15ClN2O3S. The van der Waals surface area contributed by atoms with Crippen LogP contribution in [0.15, 0.2) is 47.6 Å². The Hall–Kier alpha value is -1.63. The summed E-state index contributed by atoms with van der Waals surface area (Å²) in [6.45, 7) is 0.244. The second kappa shape index (κ2) is 6.89. The molecular weight excluding hydrogens is 312 g/mol. The molecule has 0 saturated carbocycles. The minimum atomic E-state index is -3.67. The quantitative estimate of drug-likeness (QED) is 0.884. The lowest BCUT2D eigenvalue weighted by molar-refractivity contribution is 0.409. The molecule has 0 bridgehead atoms. The zero-order valence-corrected chi connectivity index (χ0v) is 13.0. The van der Waals surface area contributed by atoms with E-state index in [1.54, 1.807) is 7.11 Å². The minimum absolute atomic E-state index is 0.0216. The number of methoxy groups -OCH3 is 1. The molecule has 1 aromatic heterocycles. The fraction of sp³-hybridized carbons (Fsp3) is 0.214. The van der Waals surface area contributed by atoms with Gasteiger partial charge in [0.25, 0.3) is 0 Å². The Labute approximate surface area is 129 Å². The Morgan fingerprint density at radius 2 is 2.05 bits per heavy atom. The van der Waals surface area contributed by atoms with Crippen LogP contribution in [-0.4, -0.2) is 27.1 Å². The van der Waals surface area contributed by atoms with E-state index < -0.39 is 10.0 Å². The lowest BCUT2D eigenvalue weighted by atomic mass is 10.1. The number of pyridine rings is 1. The average molecular weight is 327 g/mol. The molecule has 0 aliphatic rings. The molecule has 112 valence electrons. The fourth-order valence-electron chi connectivity index (χ4n) is 1.87. The topological polar surface area (TPSA) is 68.3 Å². The van der Waals surface area contributed by atoms with Gasteiger partial charge in [-0.1, -0.05) is 29.8 Å². The van der Waals surface area contributed by atoms with Crippen molar-refractivity contribution in [2.24, 2.45) is 0 Å². The highest BCUT2D eigenvalue weighted by atomic mass is 35.5. The predicted octanol–water partition coefficient (Wildman–Crippen LogP) is 2.26. The van der Waals surface area contributed by atoms with Crippen LogP contribution in [0, 0.1) is 0 Å². The highest BCUT2D eigenvalue weighted by Crippen LogP contribution is 2.20. The Bertz CT molecular complexity index is 720. The fourth-order valence-corrected chi connectivity index (χ4v) is 3.33. The van der Waals surface area contributed by atoms with Gasteiger partial charge in [0.1, 0.15) is 10.6 Å². The third kappa shape index (κ3) is 3.93. The van der Waals surface area contributed by atoms with Crippen LogP contribution in [0.2, 0.25) is 5.02 Å².